The van der Waals surface area contributed by atoms with Gasteiger partial charge in [0.2, 0.25) is 5.91 Å². The smallest absolute Gasteiger partial charge is 0.247 e. The van der Waals surface area contributed by atoms with Gasteiger partial charge in [-0.05, 0) is 0 Å². The fourth-order valence-electron chi connectivity index (χ4n) is 2.28. The lowest BCUT2D eigenvalue weighted by molar-refractivity contribution is -0.689. The van der Waals surface area contributed by atoms with Crippen molar-refractivity contribution in [2.24, 2.45) is 5.73 Å². The number of rotatable bonds is 3. The second-order valence-electron chi connectivity index (χ2n) is 4.81. The van der Waals surface area contributed by atoms with Crippen molar-refractivity contribution in [3.8, 4) is 0 Å². The van der Waals surface area contributed by atoms with Gasteiger partial charge >= 0.3 is 0 Å². The second kappa shape index (κ2) is 4.92. The number of nitrogens with zero attached hydrogens (tertiary/aromatic N) is 2. The second-order valence-corrected chi connectivity index (χ2v) is 5.91. The van der Waals surface area contributed by atoms with Gasteiger partial charge in [0.1, 0.15) is 11.4 Å². The van der Waals surface area contributed by atoms with E-state index in [1.54, 1.807) is 29.1 Å². The predicted molar refractivity (Wildman–Crippen MR) is 70.1 cm³/mol. The number of hydrogen-bond acceptors (Lipinski definition) is 5. The molecule has 1 amide bonds. The van der Waals surface area contributed by atoms with Gasteiger partial charge in [0.05, 0.1) is 5.97 Å². The van der Waals surface area contributed by atoms with E-state index in [1.807, 2.05) is 10.8 Å². The maximum absolute atomic E-state index is 11.6. The topological polar surface area (TPSA) is 90.3 Å². The zero-order valence-electron chi connectivity index (χ0n) is 10.6. The van der Waals surface area contributed by atoms with Gasteiger partial charge in [0.25, 0.3) is 0 Å². The molecular formula is C13H13N3O3S. The summed E-state index contributed by atoms with van der Waals surface area (Å²) in [4.78, 5) is 23.9. The number of carbonyl (C=O) groups excluding carboxylic acids is 2. The number of carboxylic acid groups (broad SMARTS) is 1. The standard InChI is InChI=1S/C13H13N3O3S/c14-10-11(17)16-6-8(7-20-12(10)16)5-15-3-1-9(2-4-15)13(18)19/h1-4,6,10,12H,5,7,14H2/t10?,12-/m0/s1. The SMILES string of the molecule is NC1C(=O)N2C=C(C[n+]3ccc(C(=O)[O-])cc3)CS[C@@H]12. The number of aromatic carboxylic acids is 1. The monoisotopic (exact) mass is 291 g/mol. The minimum absolute atomic E-state index is 0.0444. The van der Waals surface area contributed by atoms with Crippen LogP contribution in [0.15, 0.2) is 36.3 Å². The zero-order chi connectivity index (χ0) is 14.3. The molecule has 0 saturated carbocycles. The van der Waals surface area contributed by atoms with Crippen LogP contribution < -0.4 is 15.4 Å². The Morgan fingerprint density at radius 2 is 2.20 bits per heavy atom. The first-order valence-corrected chi connectivity index (χ1v) is 7.20. The van der Waals surface area contributed by atoms with E-state index < -0.39 is 5.97 Å². The van der Waals surface area contributed by atoms with E-state index in [9.17, 15) is 14.7 Å². The Morgan fingerprint density at radius 3 is 2.85 bits per heavy atom. The first kappa shape index (κ1) is 13.1. The molecule has 0 aliphatic carbocycles. The molecule has 0 aromatic carbocycles. The van der Waals surface area contributed by atoms with Gasteiger partial charge in [-0.1, -0.05) is 0 Å². The Bertz CT molecular complexity index is 599. The summed E-state index contributed by atoms with van der Waals surface area (Å²) in [6.07, 6.45) is 5.23. The minimum Gasteiger partial charge on any atom is -0.545 e. The molecule has 2 aliphatic heterocycles. The zero-order valence-corrected chi connectivity index (χ0v) is 11.4. The Balaban J connectivity index is 1.71. The van der Waals surface area contributed by atoms with Crippen LogP contribution in [0.2, 0.25) is 0 Å². The molecule has 1 aromatic rings. The Kier molecular flexibility index (Phi) is 3.23. The van der Waals surface area contributed by atoms with Gasteiger partial charge in [0, 0.05) is 35.2 Å². The molecule has 0 spiro atoms. The predicted octanol–water partition coefficient (Wildman–Crippen LogP) is -1.54. The number of carbonyl (C=O) groups is 2. The summed E-state index contributed by atoms with van der Waals surface area (Å²) in [7, 11) is 0. The molecule has 20 heavy (non-hydrogen) atoms. The van der Waals surface area contributed by atoms with Gasteiger partial charge in [-0.25, -0.2) is 4.57 Å². The maximum Gasteiger partial charge on any atom is 0.247 e. The van der Waals surface area contributed by atoms with E-state index in [0.29, 0.717) is 6.54 Å². The van der Waals surface area contributed by atoms with Gasteiger partial charge in [-0.15, -0.1) is 11.8 Å². The van der Waals surface area contributed by atoms with Gasteiger partial charge in [-0.2, -0.15) is 0 Å². The van der Waals surface area contributed by atoms with E-state index in [2.05, 4.69) is 0 Å². The molecule has 2 aliphatic rings. The summed E-state index contributed by atoms with van der Waals surface area (Å²) in [5.41, 5.74) is 6.96. The molecule has 1 unspecified atom stereocenters. The van der Waals surface area contributed by atoms with E-state index >= 15 is 0 Å². The van der Waals surface area contributed by atoms with E-state index in [4.69, 9.17) is 5.73 Å². The molecule has 3 heterocycles. The fraction of sp³-hybridized carbons (Fsp3) is 0.308. The Hall–Kier alpha value is -1.86. The van der Waals surface area contributed by atoms with Crippen molar-refractivity contribution in [3.05, 3.63) is 41.9 Å². The average molecular weight is 291 g/mol. The lowest BCUT2D eigenvalue weighted by atomic mass is 10.1. The van der Waals surface area contributed by atoms with E-state index in [1.165, 1.54) is 12.1 Å². The van der Waals surface area contributed by atoms with Crippen LogP contribution in [0, 0.1) is 0 Å². The van der Waals surface area contributed by atoms with E-state index in [-0.39, 0.29) is 22.9 Å². The van der Waals surface area contributed by atoms with Gasteiger partial charge in [-0.3, -0.25) is 4.79 Å². The van der Waals surface area contributed by atoms with E-state index in [0.717, 1.165) is 11.3 Å². The molecule has 7 heteroatoms. The number of thioether (sulfide) groups is 1. The first-order valence-electron chi connectivity index (χ1n) is 6.15. The Morgan fingerprint density at radius 1 is 1.50 bits per heavy atom. The third-order valence-electron chi connectivity index (χ3n) is 3.39. The molecule has 2 N–H and O–H groups in total. The number of amides is 1. The van der Waals surface area contributed by atoms with Crippen LogP contribution >= 0.6 is 11.8 Å². The number of β-lactam (4-membered cyclic amide) rings is 1. The average Bonchev–Trinajstić information content (AvgIpc) is 2.47. The highest BCUT2D eigenvalue weighted by Crippen LogP contribution is 2.34. The summed E-state index contributed by atoms with van der Waals surface area (Å²) in [5, 5.41) is 10.7. The van der Waals surface area contributed by atoms with Crippen molar-refractivity contribution >= 4 is 23.6 Å². The number of aromatic nitrogens is 1. The van der Waals surface area contributed by atoms with Crippen molar-refractivity contribution in [1.29, 1.82) is 0 Å². The Labute approximate surface area is 119 Å². The summed E-state index contributed by atoms with van der Waals surface area (Å²) in [5.74, 6) is -0.415. The number of pyridine rings is 1. The van der Waals surface area contributed by atoms with Crippen LogP contribution in [0.5, 0.6) is 0 Å². The molecule has 104 valence electrons. The third kappa shape index (κ3) is 2.19. The highest BCUT2D eigenvalue weighted by molar-refractivity contribution is 8.00. The van der Waals surface area contributed by atoms with Crippen LogP contribution in [0.3, 0.4) is 0 Å². The lowest BCUT2D eigenvalue weighted by Crippen LogP contribution is -2.66. The number of hydrogen-bond donors (Lipinski definition) is 1. The van der Waals surface area contributed by atoms with Crippen LogP contribution in [0.4, 0.5) is 0 Å². The summed E-state index contributed by atoms with van der Waals surface area (Å²) in [6, 6.07) is 2.62. The quantitative estimate of drug-likeness (QED) is 0.539. The number of nitrogens with two attached hydrogens (primary N) is 1. The van der Waals surface area contributed by atoms with Gasteiger partial charge in [0.15, 0.2) is 18.9 Å². The maximum atomic E-state index is 11.6. The molecule has 1 saturated heterocycles. The fourth-order valence-corrected chi connectivity index (χ4v) is 3.48. The summed E-state index contributed by atoms with van der Waals surface area (Å²) in [6.45, 7) is 0.617. The number of fused-ring (bicyclic) bond motifs is 1. The number of carboxylic acids is 1. The lowest BCUT2D eigenvalue weighted by Gasteiger charge is -2.45. The van der Waals surface area contributed by atoms with Gasteiger partial charge < -0.3 is 20.5 Å². The van der Waals surface area contributed by atoms with Crippen molar-refractivity contribution in [2.45, 2.75) is 18.0 Å². The summed E-state index contributed by atoms with van der Waals surface area (Å²) >= 11 is 1.65. The molecule has 6 nitrogen and oxygen atoms in total. The first-order chi connectivity index (χ1) is 9.56. The van der Waals surface area contributed by atoms with Crippen LogP contribution in [0.25, 0.3) is 0 Å². The molecule has 0 radical (unpaired) electrons. The highest BCUT2D eigenvalue weighted by Gasteiger charge is 2.46. The van der Waals surface area contributed by atoms with Crippen LogP contribution in [-0.2, 0) is 11.3 Å². The summed E-state index contributed by atoms with van der Waals surface area (Å²) < 4.78 is 1.86. The van der Waals surface area contributed by atoms with Crippen molar-refractivity contribution in [2.75, 3.05) is 5.75 Å². The normalized spacial score (nSPS) is 24.8. The van der Waals surface area contributed by atoms with Crippen LogP contribution in [0.1, 0.15) is 10.4 Å². The molecule has 0 bridgehead atoms. The van der Waals surface area contributed by atoms with Crippen LogP contribution in [-0.4, -0.2) is 33.9 Å². The molecule has 3 rings (SSSR count). The molecule has 1 aromatic heterocycles. The van der Waals surface area contributed by atoms with Crippen molar-refractivity contribution in [1.82, 2.24) is 4.90 Å². The highest BCUT2D eigenvalue weighted by atomic mass is 32.2. The minimum atomic E-state index is -1.19. The molecule has 2 atom stereocenters. The van der Waals surface area contributed by atoms with Crippen molar-refractivity contribution in [3.63, 3.8) is 0 Å². The van der Waals surface area contributed by atoms with Crippen molar-refractivity contribution < 1.29 is 19.3 Å². The largest absolute Gasteiger partial charge is 0.545 e. The third-order valence-corrected chi connectivity index (χ3v) is 4.79. The molecular weight excluding hydrogens is 278 g/mol. The molecule has 1 fully saturated rings.